The van der Waals surface area contributed by atoms with Gasteiger partial charge in [0.1, 0.15) is 0 Å². The summed E-state index contributed by atoms with van der Waals surface area (Å²) in [5.74, 6) is 0. The van der Waals surface area contributed by atoms with Gasteiger partial charge in [-0.15, -0.1) is 0 Å². The van der Waals surface area contributed by atoms with Gasteiger partial charge >= 0.3 is 7.60 Å². The Morgan fingerprint density at radius 2 is 2.00 bits per heavy atom. The van der Waals surface area contributed by atoms with Crippen LogP contribution in [0, 0.1) is 6.07 Å². The van der Waals surface area contributed by atoms with Gasteiger partial charge in [-0.2, -0.15) is 0 Å². The molecule has 0 spiro atoms. The van der Waals surface area contributed by atoms with Gasteiger partial charge in [0, 0.05) is 0 Å². The summed E-state index contributed by atoms with van der Waals surface area (Å²) in [6.07, 6.45) is 1.41. The van der Waals surface area contributed by atoms with E-state index in [-0.39, 0.29) is 5.30 Å². The van der Waals surface area contributed by atoms with E-state index >= 15 is 0 Å². The summed E-state index contributed by atoms with van der Waals surface area (Å²) in [5.41, 5.74) is 1.73. The van der Waals surface area contributed by atoms with E-state index in [0.29, 0.717) is 6.42 Å². The predicted molar refractivity (Wildman–Crippen MR) is 55.7 cm³/mol. The minimum Gasteiger partial charge on any atom is -0.321 e. The van der Waals surface area contributed by atoms with Crippen molar-refractivity contribution in [3.63, 3.8) is 0 Å². The van der Waals surface area contributed by atoms with Crippen LogP contribution < -0.4 is 5.30 Å². The Morgan fingerprint density at radius 3 is 2.43 bits per heavy atom. The SMILES string of the molecule is CCc1cc[c]c(P(=O)(O)O)c1CC. The molecule has 0 fully saturated rings. The fourth-order valence-electron chi connectivity index (χ4n) is 1.55. The van der Waals surface area contributed by atoms with E-state index in [1.807, 2.05) is 19.9 Å². The normalized spacial score (nSPS) is 11.7. The minimum absolute atomic E-state index is 0.0550. The van der Waals surface area contributed by atoms with Crippen LogP contribution in [-0.4, -0.2) is 9.79 Å². The second kappa shape index (κ2) is 4.26. The topological polar surface area (TPSA) is 57.5 Å². The molecule has 2 N–H and O–H groups in total. The van der Waals surface area contributed by atoms with Crippen molar-refractivity contribution in [2.75, 3.05) is 0 Å². The van der Waals surface area contributed by atoms with Crippen LogP contribution in [0.25, 0.3) is 0 Å². The van der Waals surface area contributed by atoms with Crippen LogP contribution in [0.5, 0.6) is 0 Å². The van der Waals surface area contributed by atoms with Crippen molar-refractivity contribution in [2.45, 2.75) is 26.7 Å². The molecule has 1 aromatic carbocycles. The van der Waals surface area contributed by atoms with E-state index in [2.05, 4.69) is 6.07 Å². The van der Waals surface area contributed by atoms with E-state index in [1.54, 1.807) is 6.07 Å². The van der Waals surface area contributed by atoms with Crippen molar-refractivity contribution in [3.8, 4) is 0 Å². The molecule has 0 unspecified atom stereocenters. The molecule has 1 aromatic rings. The Bertz CT molecular complexity index is 368. The lowest BCUT2D eigenvalue weighted by molar-refractivity contribution is 0.387. The van der Waals surface area contributed by atoms with Gasteiger partial charge in [0.2, 0.25) is 0 Å². The van der Waals surface area contributed by atoms with Crippen molar-refractivity contribution in [1.29, 1.82) is 0 Å². The number of hydrogen-bond donors (Lipinski definition) is 2. The Balaban J connectivity index is 3.37. The summed E-state index contributed by atoms with van der Waals surface area (Å²) in [4.78, 5) is 18.2. The monoisotopic (exact) mass is 213 g/mol. The molecule has 1 radical (unpaired) electrons. The lowest BCUT2D eigenvalue weighted by Crippen LogP contribution is -2.13. The fourth-order valence-corrected chi connectivity index (χ4v) is 2.44. The molecule has 0 atom stereocenters. The van der Waals surface area contributed by atoms with Crippen LogP contribution in [0.4, 0.5) is 0 Å². The van der Waals surface area contributed by atoms with Crippen LogP contribution >= 0.6 is 7.60 Å². The number of rotatable bonds is 3. The number of aryl methyl sites for hydroxylation is 1. The summed E-state index contributed by atoms with van der Waals surface area (Å²) in [6.45, 7) is 3.86. The maximum Gasteiger partial charge on any atom is 0.357 e. The second-order valence-electron chi connectivity index (χ2n) is 3.08. The van der Waals surface area contributed by atoms with E-state index in [9.17, 15) is 4.57 Å². The average Bonchev–Trinajstić information content (AvgIpc) is 2.15. The smallest absolute Gasteiger partial charge is 0.321 e. The molecular weight excluding hydrogens is 199 g/mol. The highest BCUT2D eigenvalue weighted by atomic mass is 31.2. The first-order valence-corrected chi connectivity index (χ1v) is 6.20. The first-order chi connectivity index (χ1) is 6.50. The van der Waals surface area contributed by atoms with Crippen LogP contribution in [0.1, 0.15) is 25.0 Å². The summed E-state index contributed by atoms with van der Waals surface area (Å²) in [6, 6.07) is 6.07. The number of benzene rings is 1. The van der Waals surface area contributed by atoms with E-state index < -0.39 is 7.60 Å². The summed E-state index contributed by atoms with van der Waals surface area (Å²) in [5, 5.41) is 0.0550. The molecule has 0 aliphatic carbocycles. The van der Waals surface area contributed by atoms with Crippen LogP contribution in [0.2, 0.25) is 0 Å². The van der Waals surface area contributed by atoms with Gasteiger partial charge in [0.05, 0.1) is 5.30 Å². The highest BCUT2D eigenvalue weighted by Crippen LogP contribution is 2.35. The highest BCUT2D eigenvalue weighted by molar-refractivity contribution is 7.60. The zero-order valence-electron chi connectivity index (χ0n) is 8.32. The van der Waals surface area contributed by atoms with Crippen LogP contribution in [0.15, 0.2) is 12.1 Å². The number of hydrogen-bond acceptors (Lipinski definition) is 1. The predicted octanol–water partition coefficient (Wildman–Crippen LogP) is 1.41. The molecule has 4 heteroatoms. The Hall–Kier alpha value is -0.630. The van der Waals surface area contributed by atoms with Gasteiger partial charge in [-0.05, 0) is 30.0 Å². The molecule has 0 aromatic heterocycles. The molecule has 1 rings (SSSR count). The van der Waals surface area contributed by atoms with Crippen molar-refractivity contribution < 1.29 is 14.4 Å². The Morgan fingerprint density at radius 1 is 1.36 bits per heavy atom. The van der Waals surface area contributed by atoms with Gasteiger partial charge in [0.25, 0.3) is 0 Å². The van der Waals surface area contributed by atoms with Gasteiger partial charge in [-0.1, -0.05) is 26.0 Å². The zero-order chi connectivity index (χ0) is 10.8. The highest BCUT2D eigenvalue weighted by Gasteiger charge is 2.21. The van der Waals surface area contributed by atoms with Crippen molar-refractivity contribution in [3.05, 3.63) is 29.3 Å². The Kier molecular flexibility index (Phi) is 3.48. The third-order valence-corrected chi connectivity index (χ3v) is 3.19. The van der Waals surface area contributed by atoms with E-state index in [4.69, 9.17) is 9.79 Å². The fraction of sp³-hybridized carbons (Fsp3) is 0.400. The third-order valence-electron chi connectivity index (χ3n) is 2.20. The Labute approximate surface area is 83.9 Å². The molecule has 0 saturated carbocycles. The lowest BCUT2D eigenvalue weighted by Gasteiger charge is -2.12. The third kappa shape index (κ3) is 2.24. The standard InChI is InChI=1S/C10H14O3P/c1-3-8-6-5-7-10(9(8)4-2)14(11,12)13/h5-6H,3-4H2,1-2H3,(H2,11,12,13). The van der Waals surface area contributed by atoms with Crippen LogP contribution in [0.3, 0.4) is 0 Å². The molecule has 0 aliphatic rings. The van der Waals surface area contributed by atoms with Gasteiger partial charge < -0.3 is 9.79 Å². The minimum atomic E-state index is -4.17. The molecular formula is C10H14O3P. The summed E-state index contributed by atoms with van der Waals surface area (Å²) < 4.78 is 11.1. The summed E-state index contributed by atoms with van der Waals surface area (Å²) in [7, 11) is -4.17. The molecule has 0 bridgehead atoms. The van der Waals surface area contributed by atoms with Crippen molar-refractivity contribution >= 4 is 12.9 Å². The van der Waals surface area contributed by atoms with Crippen LogP contribution in [-0.2, 0) is 17.4 Å². The maximum atomic E-state index is 11.1. The molecule has 0 heterocycles. The first-order valence-electron chi connectivity index (χ1n) is 4.59. The van der Waals surface area contributed by atoms with Gasteiger partial charge in [-0.3, -0.25) is 4.57 Å². The zero-order valence-corrected chi connectivity index (χ0v) is 9.21. The first kappa shape index (κ1) is 11.4. The van der Waals surface area contributed by atoms with E-state index in [1.165, 1.54) is 0 Å². The van der Waals surface area contributed by atoms with Crippen molar-refractivity contribution in [2.24, 2.45) is 0 Å². The van der Waals surface area contributed by atoms with Gasteiger partial charge in [-0.25, -0.2) is 0 Å². The maximum absolute atomic E-state index is 11.1. The van der Waals surface area contributed by atoms with Crippen molar-refractivity contribution in [1.82, 2.24) is 0 Å². The van der Waals surface area contributed by atoms with Gasteiger partial charge in [0.15, 0.2) is 0 Å². The molecule has 14 heavy (non-hydrogen) atoms. The second-order valence-corrected chi connectivity index (χ2v) is 4.62. The average molecular weight is 213 g/mol. The molecule has 3 nitrogen and oxygen atoms in total. The lowest BCUT2D eigenvalue weighted by atomic mass is 10.0. The molecule has 0 amide bonds. The van der Waals surface area contributed by atoms with E-state index in [0.717, 1.165) is 17.5 Å². The molecule has 0 aliphatic heterocycles. The molecule has 77 valence electrons. The quantitative estimate of drug-likeness (QED) is 0.746. The largest absolute Gasteiger partial charge is 0.357 e. The molecule has 0 saturated heterocycles. The summed E-state index contributed by atoms with van der Waals surface area (Å²) >= 11 is 0.